The molecule has 0 saturated heterocycles. The molecule has 0 saturated carbocycles. The van der Waals surface area contributed by atoms with Gasteiger partial charge in [0.25, 0.3) is 5.91 Å². The van der Waals surface area contributed by atoms with Crippen LogP contribution in [0.5, 0.6) is 0 Å². The quantitative estimate of drug-likeness (QED) is 0.553. The first-order valence-corrected chi connectivity index (χ1v) is 6.71. The minimum atomic E-state index is -4.70. The Kier molecular flexibility index (Phi) is 6.20. The summed E-state index contributed by atoms with van der Waals surface area (Å²) in [6.07, 6.45) is -3.83. The number of amides is 1. The maximum atomic E-state index is 12.7. The highest BCUT2D eigenvalue weighted by molar-refractivity contribution is 6.31. The maximum absolute atomic E-state index is 12.7. The zero-order chi connectivity index (χ0) is 18.5. The molecule has 0 aliphatic heterocycles. The molecule has 0 bridgehead atoms. The number of benzene rings is 1. The molecule has 1 aromatic carbocycles. The molecule has 1 aromatic rings. The Bertz CT molecular complexity index is 726. The molecule has 0 aliphatic carbocycles. The largest absolute Gasteiger partial charge is 0.480 e. The maximum Gasteiger partial charge on any atom is 0.417 e. The van der Waals surface area contributed by atoms with Gasteiger partial charge in [0.15, 0.2) is 0 Å². The minimum absolute atomic E-state index is 0.218. The molecule has 0 aliphatic rings. The second-order valence-electron chi connectivity index (χ2n) is 4.54. The van der Waals surface area contributed by atoms with Gasteiger partial charge in [-0.3, -0.25) is 9.59 Å². The van der Waals surface area contributed by atoms with Crippen LogP contribution in [0.4, 0.5) is 18.9 Å². The van der Waals surface area contributed by atoms with Crippen LogP contribution in [0.3, 0.4) is 0 Å². The van der Waals surface area contributed by atoms with E-state index in [0.29, 0.717) is 6.07 Å². The Morgan fingerprint density at radius 2 is 2.04 bits per heavy atom. The van der Waals surface area contributed by atoms with Gasteiger partial charge in [-0.1, -0.05) is 11.6 Å². The molecule has 10 heteroatoms. The second-order valence-corrected chi connectivity index (χ2v) is 4.95. The van der Waals surface area contributed by atoms with Crippen LogP contribution in [0, 0.1) is 11.3 Å². The number of hydrogen-bond donors (Lipinski definition) is 3. The van der Waals surface area contributed by atoms with E-state index < -0.39 is 40.3 Å². The zero-order valence-electron chi connectivity index (χ0n) is 12.1. The standard InChI is InChI=1S/C14H11ClF3N3O3/c1-7(13(23)24)20-6-8(5-19)12(22)21-9-2-3-11(15)10(4-9)14(16,17)18/h2-4,6-7,20H,1H3,(H,21,22)(H,23,24)/b8-6-. The van der Waals surface area contributed by atoms with Gasteiger partial charge in [0.2, 0.25) is 0 Å². The van der Waals surface area contributed by atoms with Crippen LogP contribution in [0.2, 0.25) is 5.02 Å². The average molecular weight is 362 g/mol. The lowest BCUT2D eigenvalue weighted by atomic mass is 10.2. The third-order valence-corrected chi connectivity index (χ3v) is 3.07. The number of carbonyl (C=O) groups is 2. The summed E-state index contributed by atoms with van der Waals surface area (Å²) in [5, 5.41) is 21.4. The Balaban J connectivity index is 2.96. The summed E-state index contributed by atoms with van der Waals surface area (Å²) in [4.78, 5) is 22.5. The number of nitrogens with one attached hydrogen (secondary N) is 2. The highest BCUT2D eigenvalue weighted by Gasteiger charge is 2.33. The van der Waals surface area contributed by atoms with Crippen molar-refractivity contribution in [1.82, 2.24) is 5.32 Å². The third kappa shape index (κ3) is 5.17. The monoisotopic (exact) mass is 361 g/mol. The van der Waals surface area contributed by atoms with E-state index in [1.165, 1.54) is 13.0 Å². The molecule has 0 spiro atoms. The summed E-state index contributed by atoms with van der Waals surface area (Å²) in [6, 6.07) is 3.18. The first-order valence-electron chi connectivity index (χ1n) is 6.33. The van der Waals surface area contributed by atoms with E-state index in [1.54, 1.807) is 0 Å². The SMILES string of the molecule is CC(N/C=C(/C#N)C(=O)Nc1ccc(Cl)c(C(F)(F)F)c1)C(=O)O. The molecule has 0 aromatic heterocycles. The van der Waals surface area contributed by atoms with Gasteiger partial charge in [-0.25, -0.2) is 0 Å². The van der Waals surface area contributed by atoms with Gasteiger partial charge in [-0.05, 0) is 25.1 Å². The zero-order valence-corrected chi connectivity index (χ0v) is 12.9. The van der Waals surface area contributed by atoms with Gasteiger partial charge >= 0.3 is 12.1 Å². The summed E-state index contributed by atoms with van der Waals surface area (Å²) in [5.74, 6) is -2.21. The number of aliphatic carboxylic acids is 1. The Hall–Kier alpha value is -2.73. The molecule has 0 heterocycles. The molecule has 6 nitrogen and oxygen atoms in total. The van der Waals surface area contributed by atoms with E-state index in [9.17, 15) is 22.8 Å². The van der Waals surface area contributed by atoms with Crippen molar-refractivity contribution in [2.45, 2.75) is 19.1 Å². The Morgan fingerprint density at radius 1 is 1.42 bits per heavy atom. The molecule has 0 fully saturated rings. The minimum Gasteiger partial charge on any atom is -0.480 e. The van der Waals surface area contributed by atoms with Crippen molar-refractivity contribution in [3.63, 3.8) is 0 Å². The topological polar surface area (TPSA) is 102 Å². The molecule has 24 heavy (non-hydrogen) atoms. The number of carbonyl (C=O) groups excluding carboxylic acids is 1. The van der Waals surface area contributed by atoms with Gasteiger partial charge in [-0.15, -0.1) is 0 Å². The molecule has 128 valence electrons. The summed E-state index contributed by atoms with van der Waals surface area (Å²) < 4.78 is 38.2. The van der Waals surface area contributed by atoms with E-state index in [1.807, 2.05) is 0 Å². The van der Waals surface area contributed by atoms with Crippen LogP contribution < -0.4 is 10.6 Å². The normalized spacial score (nSPS) is 12.9. The molecule has 1 atom stereocenters. The summed E-state index contributed by atoms with van der Waals surface area (Å²) in [7, 11) is 0. The highest BCUT2D eigenvalue weighted by Crippen LogP contribution is 2.36. The number of nitrogens with zero attached hydrogens (tertiary/aromatic N) is 1. The van der Waals surface area contributed by atoms with Gasteiger partial charge in [0.05, 0.1) is 10.6 Å². The number of hydrogen-bond acceptors (Lipinski definition) is 4. The van der Waals surface area contributed by atoms with E-state index in [-0.39, 0.29) is 5.69 Å². The lowest BCUT2D eigenvalue weighted by molar-refractivity contribution is -0.139. The number of carboxylic acids is 1. The van der Waals surface area contributed by atoms with Gasteiger partial charge in [0, 0.05) is 11.9 Å². The fourth-order valence-electron chi connectivity index (χ4n) is 1.45. The first-order chi connectivity index (χ1) is 11.1. The van der Waals surface area contributed by atoms with Crippen LogP contribution >= 0.6 is 11.6 Å². The predicted molar refractivity (Wildman–Crippen MR) is 79.0 cm³/mol. The Morgan fingerprint density at radius 3 is 2.54 bits per heavy atom. The van der Waals surface area contributed by atoms with Crippen molar-refractivity contribution >= 4 is 29.2 Å². The molecule has 1 rings (SSSR count). The van der Waals surface area contributed by atoms with Crippen LogP contribution in [-0.2, 0) is 15.8 Å². The molecule has 1 amide bonds. The summed E-state index contributed by atoms with van der Waals surface area (Å²) in [6.45, 7) is 1.28. The van der Waals surface area contributed by atoms with E-state index in [0.717, 1.165) is 18.3 Å². The predicted octanol–water partition coefficient (Wildman–Crippen LogP) is 2.77. The second kappa shape index (κ2) is 7.70. The number of rotatable bonds is 5. The van der Waals surface area contributed by atoms with Crippen molar-refractivity contribution in [2.24, 2.45) is 0 Å². The molecule has 3 N–H and O–H groups in total. The molecule has 0 radical (unpaired) electrons. The van der Waals surface area contributed by atoms with Gasteiger partial charge in [0.1, 0.15) is 17.7 Å². The first kappa shape index (κ1) is 19.3. The summed E-state index contributed by atoms with van der Waals surface area (Å²) in [5.41, 5.74) is -1.86. The summed E-state index contributed by atoms with van der Waals surface area (Å²) >= 11 is 5.46. The lowest BCUT2D eigenvalue weighted by Gasteiger charge is -2.12. The molecular formula is C14H11ClF3N3O3. The van der Waals surface area contributed by atoms with Crippen LogP contribution in [0.25, 0.3) is 0 Å². The van der Waals surface area contributed by atoms with Gasteiger partial charge < -0.3 is 15.7 Å². The number of carboxylic acid groups (broad SMARTS) is 1. The van der Waals surface area contributed by atoms with Crippen LogP contribution in [0.15, 0.2) is 30.0 Å². The third-order valence-electron chi connectivity index (χ3n) is 2.74. The van der Waals surface area contributed by atoms with Crippen molar-refractivity contribution < 1.29 is 27.9 Å². The van der Waals surface area contributed by atoms with Crippen LogP contribution in [-0.4, -0.2) is 23.0 Å². The highest BCUT2D eigenvalue weighted by atomic mass is 35.5. The van der Waals surface area contributed by atoms with Crippen molar-refractivity contribution in [2.75, 3.05) is 5.32 Å². The molecule has 1 unspecified atom stereocenters. The number of nitriles is 1. The van der Waals surface area contributed by atoms with Crippen LogP contribution in [0.1, 0.15) is 12.5 Å². The lowest BCUT2D eigenvalue weighted by Crippen LogP contribution is -2.30. The molecular weight excluding hydrogens is 351 g/mol. The number of anilines is 1. The van der Waals surface area contributed by atoms with Crippen molar-refractivity contribution in [1.29, 1.82) is 5.26 Å². The van der Waals surface area contributed by atoms with E-state index in [4.69, 9.17) is 22.0 Å². The van der Waals surface area contributed by atoms with Crippen molar-refractivity contribution in [3.05, 3.63) is 40.6 Å². The fourth-order valence-corrected chi connectivity index (χ4v) is 1.67. The van der Waals surface area contributed by atoms with E-state index >= 15 is 0 Å². The Labute approximate surface area is 139 Å². The fraction of sp³-hybridized carbons (Fsp3) is 0.214. The van der Waals surface area contributed by atoms with Crippen molar-refractivity contribution in [3.8, 4) is 6.07 Å². The smallest absolute Gasteiger partial charge is 0.417 e. The number of alkyl halides is 3. The van der Waals surface area contributed by atoms with E-state index in [2.05, 4.69) is 10.6 Å². The average Bonchev–Trinajstić information content (AvgIpc) is 2.48. The van der Waals surface area contributed by atoms with Gasteiger partial charge in [-0.2, -0.15) is 18.4 Å². The number of halogens is 4.